The van der Waals surface area contributed by atoms with E-state index in [9.17, 15) is 4.79 Å². The molecule has 236 valence electrons. The van der Waals surface area contributed by atoms with Gasteiger partial charge in [0.25, 0.3) is 0 Å². The fourth-order valence-electron chi connectivity index (χ4n) is 5.07. The molecule has 0 spiro atoms. The summed E-state index contributed by atoms with van der Waals surface area (Å²) in [5.74, 6) is 1.20. The summed E-state index contributed by atoms with van der Waals surface area (Å²) in [6, 6.07) is 21.8. The normalized spacial score (nSPS) is 14.8. The molecule has 0 bridgehead atoms. The highest BCUT2D eigenvalue weighted by molar-refractivity contribution is 6.38. The molecule has 0 N–H and O–H groups in total. The van der Waals surface area contributed by atoms with Gasteiger partial charge >= 0.3 is 5.97 Å². The first kappa shape index (κ1) is 35.1. The third-order valence-corrected chi connectivity index (χ3v) is 8.12. The Morgan fingerprint density at radius 2 is 1.50 bits per heavy atom. The Hall–Kier alpha value is -3.41. The minimum Gasteiger partial charge on any atom is -0.456 e. The molecule has 44 heavy (non-hydrogen) atoms. The molecular weight excluding hydrogens is 591 g/mol. The Bertz CT molecular complexity index is 1360. The number of rotatable bonds is 7. The molecule has 0 aliphatic carbocycles. The van der Waals surface area contributed by atoms with Gasteiger partial charge in [0.05, 0.1) is 5.56 Å². The van der Waals surface area contributed by atoms with Crippen LogP contribution in [0.1, 0.15) is 88.7 Å². The zero-order chi connectivity index (χ0) is 32.1. The van der Waals surface area contributed by atoms with Gasteiger partial charge in [0, 0.05) is 76.5 Å². The van der Waals surface area contributed by atoms with Gasteiger partial charge < -0.3 is 19.3 Å². The van der Waals surface area contributed by atoms with E-state index in [-0.39, 0.29) is 5.97 Å². The number of piperidine rings is 1. The van der Waals surface area contributed by atoms with E-state index < -0.39 is 0 Å². The average Bonchev–Trinajstić information content (AvgIpc) is 3.06. The molecule has 3 aromatic carbocycles. The van der Waals surface area contributed by atoms with Gasteiger partial charge in [-0.05, 0) is 82.9 Å². The minimum atomic E-state index is -0.376. The number of halogens is 2. The number of fused-ring (bicyclic) bond motifs is 2. The van der Waals surface area contributed by atoms with Crippen molar-refractivity contribution in [3.63, 3.8) is 0 Å². The average molecular weight is 638 g/mol. The second kappa shape index (κ2) is 17.8. The number of nitrogens with zero attached hydrogens (tertiary/aromatic N) is 2. The molecule has 0 radical (unpaired) electrons. The van der Waals surface area contributed by atoms with Crippen LogP contribution in [0.2, 0.25) is 0 Å². The summed E-state index contributed by atoms with van der Waals surface area (Å²) < 4.78 is 12.2. The van der Waals surface area contributed by atoms with Crippen LogP contribution in [0, 0.1) is 0 Å². The Labute approximate surface area is 274 Å². The van der Waals surface area contributed by atoms with Crippen molar-refractivity contribution >= 4 is 46.1 Å². The Kier molecular flexibility index (Phi) is 14.2. The summed E-state index contributed by atoms with van der Waals surface area (Å²) in [5.41, 5.74) is 5.54. The van der Waals surface area contributed by atoms with Crippen LogP contribution in [0.5, 0.6) is 11.5 Å². The number of esters is 1. The molecular formula is C37H46Cl2N2O3. The molecule has 1 fully saturated rings. The van der Waals surface area contributed by atoms with E-state index in [0.29, 0.717) is 15.6 Å². The Balaban J connectivity index is 0.000000593. The predicted octanol–water partition coefficient (Wildman–Crippen LogP) is 11.0. The number of anilines is 2. The van der Waals surface area contributed by atoms with Crippen molar-refractivity contribution in [2.75, 3.05) is 36.0 Å². The van der Waals surface area contributed by atoms with Crippen LogP contribution in [-0.2, 0) is 4.74 Å². The van der Waals surface area contributed by atoms with E-state index >= 15 is 0 Å². The lowest BCUT2D eigenvalue weighted by molar-refractivity contribution is 0.0664. The number of carbonyl (C=O) groups is 1. The van der Waals surface area contributed by atoms with Crippen molar-refractivity contribution in [2.24, 2.45) is 0 Å². The van der Waals surface area contributed by atoms with Gasteiger partial charge in [0.2, 0.25) is 0 Å². The van der Waals surface area contributed by atoms with Gasteiger partial charge in [-0.15, -0.1) is 0 Å². The number of hydrogen-bond donors (Lipinski definition) is 0. The summed E-state index contributed by atoms with van der Waals surface area (Å²) in [5, 5.41) is 1.33. The fraction of sp³-hybridized carbons (Fsp3) is 0.378. The monoisotopic (exact) mass is 636 g/mol. The summed E-state index contributed by atoms with van der Waals surface area (Å²) in [7, 11) is 0. The lowest BCUT2D eigenvalue weighted by atomic mass is 9.94. The van der Waals surface area contributed by atoms with Gasteiger partial charge in [-0.2, -0.15) is 0 Å². The van der Waals surface area contributed by atoms with E-state index in [1.54, 1.807) is 32.2 Å². The molecule has 5 nitrogen and oxygen atoms in total. The van der Waals surface area contributed by atoms with Gasteiger partial charge in [-0.25, -0.2) is 4.79 Å². The van der Waals surface area contributed by atoms with Gasteiger partial charge in [-0.3, -0.25) is 0 Å². The third kappa shape index (κ3) is 9.30. The van der Waals surface area contributed by atoms with E-state index in [1.165, 1.54) is 24.9 Å². The molecule has 3 aromatic rings. The number of allylic oxidation sites excluding steroid dienone is 2. The van der Waals surface area contributed by atoms with Crippen molar-refractivity contribution in [1.82, 2.24) is 0 Å². The van der Waals surface area contributed by atoms with Crippen LogP contribution in [-0.4, -0.2) is 32.1 Å². The molecule has 2 aliphatic heterocycles. The van der Waals surface area contributed by atoms with E-state index in [1.807, 2.05) is 32.0 Å². The summed E-state index contributed by atoms with van der Waals surface area (Å²) >= 11 is 10.7. The standard InChI is InChI=1S/C31H34N2O3.C4H6Cl2.C2H6/c1-3-17-32(4-2)24-13-15-26-28(22-35-31(34)23-11-7-5-8-12-23)27-16-14-25(33-18-9-6-10-19-33)21-30(27)36-29(26)20-24;1-3(5)4(2)6;1-2/h5,7-8,11-16,20-22H,3-4,6,9-10,17-19H2,1-2H3;1-2H3;1-2H3/b28-22+;4-3-;. The highest BCUT2D eigenvalue weighted by atomic mass is 35.5. The lowest BCUT2D eigenvalue weighted by Crippen LogP contribution is -2.29. The first-order valence-electron chi connectivity index (χ1n) is 15.7. The molecule has 2 aliphatic rings. The lowest BCUT2D eigenvalue weighted by Gasteiger charge is -2.31. The van der Waals surface area contributed by atoms with Crippen molar-refractivity contribution in [2.45, 2.75) is 67.2 Å². The van der Waals surface area contributed by atoms with Crippen LogP contribution in [0.3, 0.4) is 0 Å². The highest BCUT2D eigenvalue weighted by Gasteiger charge is 2.25. The number of ether oxygens (including phenoxy) is 2. The first-order chi connectivity index (χ1) is 21.3. The smallest absolute Gasteiger partial charge is 0.342 e. The largest absolute Gasteiger partial charge is 0.456 e. The van der Waals surface area contributed by atoms with Crippen LogP contribution in [0.25, 0.3) is 5.57 Å². The molecule has 2 heterocycles. The molecule has 0 atom stereocenters. The predicted molar refractivity (Wildman–Crippen MR) is 188 cm³/mol. The van der Waals surface area contributed by atoms with Crippen LogP contribution in [0.4, 0.5) is 11.4 Å². The van der Waals surface area contributed by atoms with E-state index in [0.717, 1.165) is 66.5 Å². The minimum absolute atomic E-state index is 0.376. The second-order valence-corrected chi connectivity index (χ2v) is 11.6. The molecule has 5 rings (SSSR count). The number of hydrogen-bond acceptors (Lipinski definition) is 5. The molecule has 1 saturated heterocycles. The summed E-state index contributed by atoms with van der Waals surface area (Å²) in [6.45, 7) is 15.9. The van der Waals surface area contributed by atoms with Crippen LogP contribution < -0.4 is 14.5 Å². The van der Waals surface area contributed by atoms with Crippen molar-refractivity contribution < 1.29 is 14.3 Å². The number of benzene rings is 3. The summed E-state index contributed by atoms with van der Waals surface area (Å²) in [4.78, 5) is 17.5. The molecule has 7 heteroatoms. The third-order valence-electron chi connectivity index (χ3n) is 7.46. The zero-order valence-corrected chi connectivity index (χ0v) is 28.5. The van der Waals surface area contributed by atoms with Crippen LogP contribution in [0.15, 0.2) is 83.1 Å². The first-order valence-corrected chi connectivity index (χ1v) is 16.5. The zero-order valence-electron chi connectivity index (χ0n) is 27.0. The topological polar surface area (TPSA) is 42.0 Å². The maximum Gasteiger partial charge on any atom is 0.342 e. The highest BCUT2D eigenvalue weighted by Crippen LogP contribution is 2.46. The SMILES string of the molecule is C/C(Cl)=C(\C)Cl.CC.CCCN(CC)c1ccc2c(c1)Oc1cc(N3CCCCC3)ccc1/C2=C/OC(=O)c1ccccc1. The van der Waals surface area contributed by atoms with Crippen molar-refractivity contribution in [1.29, 1.82) is 0 Å². The Morgan fingerprint density at radius 3 is 2.09 bits per heavy atom. The van der Waals surface area contributed by atoms with Crippen molar-refractivity contribution in [3.8, 4) is 11.5 Å². The molecule has 0 aromatic heterocycles. The molecule has 0 saturated carbocycles. The van der Waals surface area contributed by atoms with E-state index in [4.69, 9.17) is 32.7 Å². The quantitative estimate of drug-likeness (QED) is 0.149. The summed E-state index contributed by atoms with van der Waals surface area (Å²) in [6.07, 6.45) is 6.39. The fourth-order valence-corrected chi connectivity index (χ4v) is 5.07. The van der Waals surface area contributed by atoms with Gasteiger partial charge in [0.15, 0.2) is 0 Å². The Morgan fingerprint density at radius 1 is 0.886 bits per heavy atom. The number of carbonyl (C=O) groups excluding carboxylic acids is 1. The second-order valence-electron chi connectivity index (χ2n) is 10.5. The van der Waals surface area contributed by atoms with Crippen molar-refractivity contribution in [3.05, 3.63) is 99.7 Å². The molecule has 0 amide bonds. The van der Waals surface area contributed by atoms with Gasteiger partial charge in [0.1, 0.15) is 17.8 Å². The van der Waals surface area contributed by atoms with Gasteiger partial charge in [-0.1, -0.05) is 62.2 Å². The van der Waals surface area contributed by atoms with E-state index in [2.05, 4.69) is 60.0 Å². The maximum absolute atomic E-state index is 12.7. The van der Waals surface area contributed by atoms with Crippen LogP contribution >= 0.6 is 23.2 Å². The molecule has 0 unspecified atom stereocenters. The maximum atomic E-state index is 12.7.